The molecule has 25 heavy (non-hydrogen) atoms. The summed E-state index contributed by atoms with van der Waals surface area (Å²) in [4.78, 5) is 27.5. The van der Waals surface area contributed by atoms with Gasteiger partial charge in [0.25, 0.3) is 5.56 Å². The Balaban J connectivity index is 1.92. The Bertz CT molecular complexity index is 1040. The van der Waals surface area contributed by atoms with E-state index < -0.39 is 5.69 Å². The predicted octanol–water partition coefficient (Wildman–Crippen LogP) is 2.60. The van der Waals surface area contributed by atoms with Crippen LogP contribution in [0.4, 0.5) is 0 Å². The molecule has 0 saturated heterocycles. The molecule has 6 nitrogen and oxygen atoms in total. The largest absolute Gasteiger partial charge is 0.493 e. The summed E-state index contributed by atoms with van der Waals surface area (Å²) in [6, 6.07) is 10.3. The minimum atomic E-state index is -0.458. The molecule has 0 fully saturated rings. The van der Waals surface area contributed by atoms with Crippen molar-refractivity contribution in [3.8, 4) is 11.5 Å². The van der Waals surface area contributed by atoms with Crippen molar-refractivity contribution in [1.29, 1.82) is 0 Å². The first-order valence-electron chi connectivity index (χ1n) is 7.67. The van der Waals surface area contributed by atoms with E-state index in [9.17, 15) is 9.59 Å². The third-order valence-corrected chi connectivity index (χ3v) is 4.25. The molecule has 1 N–H and O–H groups in total. The van der Waals surface area contributed by atoms with E-state index in [1.54, 1.807) is 38.5 Å². The van der Waals surface area contributed by atoms with E-state index in [1.807, 2.05) is 12.1 Å². The first-order valence-corrected chi connectivity index (χ1v) is 8.04. The summed E-state index contributed by atoms with van der Waals surface area (Å²) in [5.41, 5.74) is 0.571. The molecule has 3 rings (SSSR count). The number of aromatic amines is 1. The zero-order valence-corrected chi connectivity index (χ0v) is 14.6. The van der Waals surface area contributed by atoms with Crippen molar-refractivity contribution in [1.82, 2.24) is 9.55 Å². The molecular weight excluding hydrogens is 344 g/mol. The van der Waals surface area contributed by atoms with Gasteiger partial charge in [0.05, 0.1) is 25.1 Å². The number of rotatable bonds is 5. The Kier molecular flexibility index (Phi) is 4.81. The van der Waals surface area contributed by atoms with Crippen LogP contribution in [0.1, 0.15) is 5.56 Å². The van der Waals surface area contributed by atoms with Gasteiger partial charge in [-0.1, -0.05) is 17.7 Å². The van der Waals surface area contributed by atoms with Crippen LogP contribution in [0.25, 0.3) is 10.9 Å². The maximum atomic E-state index is 12.6. The van der Waals surface area contributed by atoms with E-state index in [2.05, 4.69) is 4.98 Å². The Morgan fingerprint density at radius 1 is 1.04 bits per heavy atom. The van der Waals surface area contributed by atoms with Crippen molar-refractivity contribution in [2.75, 3.05) is 14.2 Å². The number of ether oxygens (including phenoxy) is 2. The van der Waals surface area contributed by atoms with Gasteiger partial charge in [-0.25, -0.2) is 4.79 Å². The molecule has 7 heteroatoms. The van der Waals surface area contributed by atoms with Crippen molar-refractivity contribution >= 4 is 22.5 Å². The molecule has 0 aliphatic carbocycles. The van der Waals surface area contributed by atoms with Crippen LogP contribution in [0.15, 0.2) is 46.0 Å². The summed E-state index contributed by atoms with van der Waals surface area (Å²) in [7, 11) is 3.13. The molecule has 3 aromatic rings. The van der Waals surface area contributed by atoms with Crippen molar-refractivity contribution in [2.45, 2.75) is 13.0 Å². The number of hydrogen-bond acceptors (Lipinski definition) is 4. The number of hydrogen-bond donors (Lipinski definition) is 1. The normalized spacial score (nSPS) is 10.8. The molecule has 0 saturated carbocycles. The zero-order valence-electron chi connectivity index (χ0n) is 13.8. The number of nitrogens with zero attached hydrogens (tertiary/aromatic N) is 1. The lowest BCUT2D eigenvalue weighted by atomic mass is 10.1. The van der Waals surface area contributed by atoms with E-state index in [0.29, 0.717) is 33.8 Å². The molecule has 0 bridgehead atoms. The molecule has 2 aromatic carbocycles. The Morgan fingerprint density at radius 3 is 2.52 bits per heavy atom. The highest BCUT2D eigenvalue weighted by Gasteiger charge is 2.09. The van der Waals surface area contributed by atoms with E-state index >= 15 is 0 Å². The molecule has 0 spiro atoms. The average Bonchev–Trinajstić information content (AvgIpc) is 2.60. The highest BCUT2D eigenvalue weighted by molar-refractivity contribution is 6.31. The number of H-pyrrole nitrogens is 1. The molecule has 1 heterocycles. The molecule has 0 aliphatic rings. The van der Waals surface area contributed by atoms with Gasteiger partial charge in [-0.15, -0.1) is 0 Å². The number of aromatic nitrogens is 2. The number of halogens is 1. The molecular formula is C18H17ClN2O4. The molecule has 0 amide bonds. The van der Waals surface area contributed by atoms with Gasteiger partial charge < -0.3 is 14.5 Å². The fraction of sp³-hybridized carbons (Fsp3) is 0.222. The van der Waals surface area contributed by atoms with Crippen molar-refractivity contribution < 1.29 is 9.47 Å². The van der Waals surface area contributed by atoms with Crippen molar-refractivity contribution in [2.24, 2.45) is 0 Å². The van der Waals surface area contributed by atoms with Crippen LogP contribution in [-0.2, 0) is 13.0 Å². The molecule has 130 valence electrons. The van der Waals surface area contributed by atoms with Crippen LogP contribution >= 0.6 is 11.6 Å². The summed E-state index contributed by atoms with van der Waals surface area (Å²) >= 11 is 5.90. The Hall–Kier alpha value is -2.73. The van der Waals surface area contributed by atoms with Gasteiger partial charge >= 0.3 is 5.69 Å². The van der Waals surface area contributed by atoms with Crippen LogP contribution in [0.2, 0.25) is 5.02 Å². The summed E-state index contributed by atoms with van der Waals surface area (Å²) in [6.45, 7) is 0.252. The summed E-state index contributed by atoms with van der Waals surface area (Å²) in [6.07, 6.45) is 0.502. The maximum absolute atomic E-state index is 12.6. The molecule has 0 atom stereocenters. The maximum Gasteiger partial charge on any atom is 0.328 e. The van der Waals surface area contributed by atoms with Gasteiger partial charge in [0, 0.05) is 11.6 Å². The highest BCUT2D eigenvalue weighted by Crippen LogP contribution is 2.27. The second-order valence-electron chi connectivity index (χ2n) is 5.52. The predicted molar refractivity (Wildman–Crippen MR) is 97.1 cm³/mol. The molecule has 0 aliphatic heterocycles. The number of fused-ring (bicyclic) bond motifs is 1. The van der Waals surface area contributed by atoms with Crippen LogP contribution in [0.5, 0.6) is 11.5 Å². The monoisotopic (exact) mass is 360 g/mol. The summed E-state index contributed by atoms with van der Waals surface area (Å²) in [5, 5.41) is 0.891. The number of benzene rings is 2. The van der Waals surface area contributed by atoms with E-state index in [0.717, 1.165) is 5.56 Å². The first kappa shape index (κ1) is 17.1. The Morgan fingerprint density at radius 2 is 1.80 bits per heavy atom. The minimum absolute atomic E-state index is 0.252. The minimum Gasteiger partial charge on any atom is -0.493 e. The van der Waals surface area contributed by atoms with Gasteiger partial charge in [-0.3, -0.25) is 9.36 Å². The number of methoxy groups -OCH3 is 2. The van der Waals surface area contributed by atoms with Crippen molar-refractivity contribution in [3.63, 3.8) is 0 Å². The SMILES string of the molecule is COc1ccc(CCn2c(=O)[nH]c3cc(Cl)ccc3c2=O)cc1OC. The number of aryl methyl sites for hydroxylation is 1. The summed E-state index contributed by atoms with van der Waals surface area (Å²) < 4.78 is 11.7. The molecule has 1 aromatic heterocycles. The zero-order chi connectivity index (χ0) is 18.0. The van der Waals surface area contributed by atoms with Crippen molar-refractivity contribution in [3.05, 3.63) is 67.8 Å². The van der Waals surface area contributed by atoms with Crippen LogP contribution in [0, 0.1) is 0 Å². The van der Waals surface area contributed by atoms with E-state index in [1.165, 1.54) is 4.57 Å². The summed E-state index contributed by atoms with van der Waals surface area (Å²) in [5.74, 6) is 1.23. The fourth-order valence-electron chi connectivity index (χ4n) is 2.71. The third kappa shape index (κ3) is 3.39. The average molecular weight is 361 g/mol. The lowest BCUT2D eigenvalue weighted by molar-refractivity contribution is 0.354. The van der Waals surface area contributed by atoms with Crippen LogP contribution in [-0.4, -0.2) is 23.8 Å². The third-order valence-electron chi connectivity index (χ3n) is 4.02. The fourth-order valence-corrected chi connectivity index (χ4v) is 2.88. The van der Waals surface area contributed by atoms with Gasteiger partial charge in [0.1, 0.15) is 0 Å². The number of nitrogens with one attached hydrogen (secondary N) is 1. The second-order valence-corrected chi connectivity index (χ2v) is 5.95. The lowest BCUT2D eigenvalue weighted by Crippen LogP contribution is -2.35. The van der Waals surface area contributed by atoms with Crippen LogP contribution < -0.4 is 20.7 Å². The van der Waals surface area contributed by atoms with Gasteiger partial charge in [0.2, 0.25) is 0 Å². The topological polar surface area (TPSA) is 73.3 Å². The molecule has 0 radical (unpaired) electrons. The van der Waals surface area contributed by atoms with E-state index in [-0.39, 0.29) is 12.1 Å². The van der Waals surface area contributed by atoms with Gasteiger partial charge in [-0.2, -0.15) is 0 Å². The standard InChI is InChI=1S/C18H17ClN2O4/c1-24-15-6-3-11(9-16(15)25-2)7-8-21-17(22)13-5-4-12(19)10-14(13)20-18(21)23/h3-6,9-10H,7-8H2,1-2H3,(H,20,23). The quantitative estimate of drug-likeness (QED) is 0.759. The van der Waals surface area contributed by atoms with Gasteiger partial charge in [0.15, 0.2) is 11.5 Å². The van der Waals surface area contributed by atoms with Crippen LogP contribution in [0.3, 0.4) is 0 Å². The molecule has 0 unspecified atom stereocenters. The lowest BCUT2D eigenvalue weighted by Gasteiger charge is -2.10. The highest BCUT2D eigenvalue weighted by atomic mass is 35.5. The first-order chi connectivity index (χ1) is 12.0. The smallest absolute Gasteiger partial charge is 0.328 e. The van der Waals surface area contributed by atoms with Gasteiger partial charge in [-0.05, 0) is 42.3 Å². The Labute approximate surface area is 148 Å². The second kappa shape index (κ2) is 7.03. The van der Waals surface area contributed by atoms with E-state index in [4.69, 9.17) is 21.1 Å².